The van der Waals surface area contributed by atoms with E-state index in [0.29, 0.717) is 5.91 Å². The molecule has 0 aromatic rings. The number of carbonyl (C=O) groups excluding carboxylic acids is 1. The van der Waals surface area contributed by atoms with Gasteiger partial charge in [0.1, 0.15) is 0 Å². The Morgan fingerprint density at radius 1 is 1.11 bits per heavy atom. The van der Waals surface area contributed by atoms with E-state index in [1.807, 2.05) is 0 Å². The minimum Gasteiger partial charge on any atom is -0.383 e. The number of amides is 1. The molecular formula is C15H28N2O2. The Balaban J connectivity index is 1.83. The van der Waals surface area contributed by atoms with E-state index in [0.717, 1.165) is 52.2 Å². The number of hydrogen-bond acceptors (Lipinski definition) is 3. The highest BCUT2D eigenvalue weighted by atomic mass is 16.5. The van der Waals surface area contributed by atoms with E-state index in [4.69, 9.17) is 4.74 Å². The van der Waals surface area contributed by atoms with Crippen LogP contribution in [0.4, 0.5) is 0 Å². The molecule has 2 saturated heterocycles. The summed E-state index contributed by atoms with van der Waals surface area (Å²) < 4.78 is 5.14. The molecule has 2 heterocycles. The topological polar surface area (TPSA) is 32.8 Å². The Kier molecular flexibility index (Phi) is 6.11. The molecule has 0 N–H and O–H groups in total. The molecule has 0 aliphatic carbocycles. The van der Waals surface area contributed by atoms with E-state index in [2.05, 4.69) is 9.80 Å². The van der Waals surface area contributed by atoms with Crippen LogP contribution < -0.4 is 0 Å². The van der Waals surface area contributed by atoms with Crippen LogP contribution in [0, 0.1) is 5.92 Å². The van der Waals surface area contributed by atoms with Gasteiger partial charge in [-0.2, -0.15) is 0 Å². The van der Waals surface area contributed by atoms with E-state index >= 15 is 0 Å². The van der Waals surface area contributed by atoms with Gasteiger partial charge in [0.2, 0.25) is 5.91 Å². The summed E-state index contributed by atoms with van der Waals surface area (Å²) in [7, 11) is 1.74. The van der Waals surface area contributed by atoms with Crippen molar-refractivity contribution in [1.82, 2.24) is 9.80 Å². The van der Waals surface area contributed by atoms with Gasteiger partial charge in [-0.15, -0.1) is 0 Å². The number of rotatable bonds is 4. The number of nitrogens with zero attached hydrogens (tertiary/aromatic N) is 2. The van der Waals surface area contributed by atoms with Gasteiger partial charge in [-0.1, -0.05) is 12.8 Å². The van der Waals surface area contributed by atoms with Gasteiger partial charge in [-0.25, -0.2) is 0 Å². The second kappa shape index (κ2) is 7.85. The van der Waals surface area contributed by atoms with E-state index in [1.165, 1.54) is 25.7 Å². The van der Waals surface area contributed by atoms with Crippen molar-refractivity contribution < 1.29 is 9.53 Å². The average Bonchev–Trinajstić information content (AvgIpc) is 2.73. The predicted molar refractivity (Wildman–Crippen MR) is 76.1 cm³/mol. The van der Waals surface area contributed by atoms with Gasteiger partial charge >= 0.3 is 0 Å². The van der Waals surface area contributed by atoms with Gasteiger partial charge < -0.3 is 14.5 Å². The maximum absolute atomic E-state index is 12.6. The highest BCUT2D eigenvalue weighted by Crippen LogP contribution is 2.20. The van der Waals surface area contributed by atoms with Crippen LogP contribution >= 0.6 is 0 Å². The van der Waals surface area contributed by atoms with Crippen LogP contribution in [0.3, 0.4) is 0 Å². The maximum Gasteiger partial charge on any atom is 0.226 e. The monoisotopic (exact) mass is 268 g/mol. The lowest BCUT2D eigenvalue weighted by molar-refractivity contribution is -0.137. The molecular weight excluding hydrogens is 240 g/mol. The van der Waals surface area contributed by atoms with Gasteiger partial charge in [0.05, 0.1) is 12.5 Å². The van der Waals surface area contributed by atoms with Crippen molar-refractivity contribution in [1.29, 1.82) is 0 Å². The van der Waals surface area contributed by atoms with Crippen LogP contribution in [0.25, 0.3) is 0 Å². The summed E-state index contributed by atoms with van der Waals surface area (Å²) in [6, 6.07) is 0. The number of methoxy groups -OCH3 is 1. The molecule has 110 valence electrons. The van der Waals surface area contributed by atoms with Crippen molar-refractivity contribution >= 4 is 5.91 Å². The number of piperidine rings is 1. The zero-order valence-electron chi connectivity index (χ0n) is 12.3. The van der Waals surface area contributed by atoms with Gasteiger partial charge in [-0.05, 0) is 32.2 Å². The molecule has 19 heavy (non-hydrogen) atoms. The van der Waals surface area contributed by atoms with Gasteiger partial charge in [0.15, 0.2) is 0 Å². The van der Waals surface area contributed by atoms with Crippen LogP contribution in [0.5, 0.6) is 0 Å². The largest absolute Gasteiger partial charge is 0.383 e. The molecule has 2 aliphatic heterocycles. The van der Waals surface area contributed by atoms with Crippen LogP contribution in [-0.2, 0) is 9.53 Å². The molecule has 4 nitrogen and oxygen atoms in total. The fraction of sp³-hybridized carbons (Fsp3) is 0.933. The van der Waals surface area contributed by atoms with Gasteiger partial charge in [0.25, 0.3) is 0 Å². The molecule has 0 spiro atoms. The Bertz CT molecular complexity index is 275. The third kappa shape index (κ3) is 4.46. The lowest BCUT2D eigenvalue weighted by Crippen LogP contribution is -2.45. The average molecular weight is 268 g/mol. The van der Waals surface area contributed by atoms with Crippen LogP contribution in [-0.4, -0.2) is 62.1 Å². The highest BCUT2D eigenvalue weighted by molar-refractivity contribution is 5.79. The van der Waals surface area contributed by atoms with Crippen LogP contribution in [0.2, 0.25) is 0 Å². The minimum atomic E-state index is 0.226. The molecule has 0 saturated carbocycles. The molecule has 0 aromatic heterocycles. The van der Waals surface area contributed by atoms with Gasteiger partial charge in [-0.3, -0.25) is 4.79 Å². The minimum absolute atomic E-state index is 0.226. The van der Waals surface area contributed by atoms with Crippen molar-refractivity contribution in [2.75, 3.05) is 46.4 Å². The SMILES string of the molecule is COCCN1CCCC(C(=O)N2CCCCCC2)C1. The third-order valence-electron chi connectivity index (χ3n) is 4.38. The van der Waals surface area contributed by atoms with Gasteiger partial charge in [0, 0.05) is 33.3 Å². The van der Waals surface area contributed by atoms with Crippen molar-refractivity contribution in [3.8, 4) is 0 Å². The lowest BCUT2D eigenvalue weighted by Gasteiger charge is -2.34. The molecule has 1 unspecified atom stereocenters. The third-order valence-corrected chi connectivity index (χ3v) is 4.38. The van der Waals surface area contributed by atoms with Crippen molar-refractivity contribution in [2.24, 2.45) is 5.92 Å². The smallest absolute Gasteiger partial charge is 0.226 e. The first-order chi connectivity index (χ1) is 9.31. The summed E-state index contributed by atoms with van der Waals surface area (Å²) in [5.41, 5.74) is 0. The zero-order chi connectivity index (χ0) is 13.5. The fourth-order valence-corrected chi connectivity index (χ4v) is 3.23. The summed E-state index contributed by atoms with van der Waals surface area (Å²) in [6.07, 6.45) is 7.16. The molecule has 2 aliphatic rings. The lowest BCUT2D eigenvalue weighted by atomic mass is 9.96. The molecule has 2 rings (SSSR count). The maximum atomic E-state index is 12.6. The Labute approximate surface area is 117 Å². The standard InChI is InChI=1S/C15H28N2O2/c1-19-12-11-16-8-6-7-14(13-16)15(18)17-9-4-2-3-5-10-17/h14H,2-13H2,1H3. The highest BCUT2D eigenvalue weighted by Gasteiger charge is 2.29. The molecule has 2 fully saturated rings. The predicted octanol–water partition coefficient (Wildman–Crippen LogP) is 1.75. The van der Waals surface area contributed by atoms with E-state index in [-0.39, 0.29) is 5.92 Å². The second-order valence-corrected chi connectivity index (χ2v) is 5.87. The van der Waals surface area contributed by atoms with E-state index in [1.54, 1.807) is 7.11 Å². The normalized spacial score (nSPS) is 26.2. The molecule has 1 atom stereocenters. The molecule has 0 bridgehead atoms. The number of carbonyl (C=O) groups is 1. The van der Waals surface area contributed by atoms with Crippen molar-refractivity contribution in [3.63, 3.8) is 0 Å². The Morgan fingerprint density at radius 3 is 2.53 bits per heavy atom. The number of ether oxygens (including phenoxy) is 1. The summed E-state index contributed by atoms with van der Waals surface area (Å²) >= 11 is 0. The van der Waals surface area contributed by atoms with E-state index < -0.39 is 0 Å². The summed E-state index contributed by atoms with van der Waals surface area (Å²) in [5.74, 6) is 0.632. The van der Waals surface area contributed by atoms with Crippen LogP contribution in [0.15, 0.2) is 0 Å². The molecule has 0 radical (unpaired) electrons. The second-order valence-electron chi connectivity index (χ2n) is 5.87. The summed E-state index contributed by atoms with van der Waals surface area (Å²) in [4.78, 5) is 17.1. The first-order valence-electron chi connectivity index (χ1n) is 7.81. The first kappa shape index (κ1) is 14.8. The summed E-state index contributed by atoms with van der Waals surface area (Å²) in [6.45, 7) is 5.73. The number of hydrogen-bond donors (Lipinski definition) is 0. The quantitative estimate of drug-likeness (QED) is 0.779. The molecule has 4 heteroatoms. The fourth-order valence-electron chi connectivity index (χ4n) is 3.23. The molecule has 0 aromatic carbocycles. The van der Waals surface area contributed by atoms with Crippen molar-refractivity contribution in [3.05, 3.63) is 0 Å². The first-order valence-corrected chi connectivity index (χ1v) is 7.81. The molecule has 1 amide bonds. The van der Waals surface area contributed by atoms with Crippen LogP contribution in [0.1, 0.15) is 38.5 Å². The number of likely N-dealkylation sites (tertiary alicyclic amines) is 2. The summed E-state index contributed by atoms with van der Waals surface area (Å²) in [5, 5.41) is 0. The zero-order valence-corrected chi connectivity index (χ0v) is 12.3. The Morgan fingerprint density at radius 2 is 1.84 bits per heavy atom. The Hall–Kier alpha value is -0.610. The van der Waals surface area contributed by atoms with E-state index in [9.17, 15) is 4.79 Å². The van der Waals surface area contributed by atoms with Crippen molar-refractivity contribution in [2.45, 2.75) is 38.5 Å².